The molecule has 51 heavy (non-hydrogen) atoms. The van der Waals surface area contributed by atoms with Gasteiger partial charge in [0.05, 0.1) is 34.9 Å². The lowest BCUT2D eigenvalue weighted by molar-refractivity contribution is -0.121. The minimum Gasteiger partial charge on any atom is -0.355 e. The van der Waals surface area contributed by atoms with E-state index in [1.165, 1.54) is 16.2 Å². The van der Waals surface area contributed by atoms with Gasteiger partial charge in [0.1, 0.15) is 0 Å². The highest BCUT2D eigenvalue weighted by Crippen LogP contribution is 2.36. The van der Waals surface area contributed by atoms with Crippen LogP contribution in [0.25, 0.3) is 16.6 Å². The summed E-state index contributed by atoms with van der Waals surface area (Å²) in [4.78, 5) is 54.8. The highest BCUT2D eigenvalue weighted by Gasteiger charge is 2.32. The zero-order valence-electron chi connectivity index (χ0n) is 27.7. The maximum atomic E-state index is 13.9. The third kappa shape index (κ3) is 7.75. The van der Waals surface area contributed by atoms with Crippen LogP contribution in [0.2, 0.25) is 0 Å². The van der Waals surface area contributed by atoms with Gasteiger partial charge in [-0.25, -0.2) is 4.98 Å². The maximum Gasteiger partial charge on any atom is 0.678 e. The van der Waals surface area contributed by atoms with Crippen molar-refractivity contribution in [3.05, 3.63) is 101 Å². The smallest absolute Gasteiger partial charge is 0.355 e. The van der Waals surface area contributed by atoms with E-state index >= 15 is 0 Å². The van der Waals surface area contributed by atoms with E-state index in [2.05, 4.69) is 30.4 Å². The molecule has 6 heterocycles. The number of anilines is 3. The van der Waals surface area contributed by atoms with Crippen LogP contribution in [0.1, 0.15) is 28.9 Å². The molecule has 4 aromatic rings. The Labute approximate surface area is 298 Å². The van der Waals surface area contributed by atoms with E-state index in [1.807, 2.05) is 23.6 Å². The summed E-state index contributed by atoms with van der Waals surface area (Å²) in [7, 11) is -2.69. The summed E-state index contributed by atoms with van der Waals surface area (Å²) >= 11 is 1.41. The molecule has 0 spiro atoms. The number of carbonyl (C=O) groups excluding carboxylic acids is 3. The van der Waals surface area contributed by atoms with Gasteiger partial charge in [-0.2, -0.15) is 0 Å². The van der Waals surface area contributed by atoms with Crippen molar-refractivity contribution in [2.75, 3.05) is 56.0 Å². The monoisotopic (exact) mass is 708 g/mol. The first-order valence-electron chi connectivity index (χ1n) is 16.7. The molecule has 15 heteroatoms. The lowest BCUT2D eigenvalue weighted by Gasteiger charge is -2.35. The van der Waals surface area contributed by atoms with Crippen molar-refractivity contribution in [2.24, 2.45) is 4.99 Å². The molecule has 2 N–H and O–H groups in total. The fourth-order valence-corrected chi connectivity index (χ4v) is 7.17. The Bertz CT molecular complexity index is 2020. The third-order valence-electron chi connectivity index (χ3n) is 9.00. The number of hydrogen-bond donors (Lipinski definition) is 2. The predicted octanol–water partition coefficient (Wildman–Crippen LogP) is 5.18. The Morgan fingerprint density at radius 2 is 1.80 bits per heavy atom. The Morgan fingerprint density at radius 1 is 0.980 bits per heavy atom. The first-order valence-corrected chi connectivity index (χ1v) is 17.6. The van der Waals surface area contributed by atoms with Crippen LogP contribution in [-0.4, -0.2) is 95.9 Å². The first kappa shape index (κ1) is 34.2. The molecule has 7 rings (SSSR count). The van der Waals surface area contributed by atoms with Crippen molar-refractivity contribution < 1.29 is 23.0 Å². The molecule has 11 nitrogen and oxygen atoms in total. The van der Waals surface area contributed by atoms with Gasteiger partial charge in [-0.3, -0.25) is 42.7 Å². The summed E-state index contributed by atoms with van der Waals surface area (Å²) in [5.41, 5.74) is 3.51. The summed E-state index contributed by atoms with van der Waals surface area (Å²) < 4.78 is 28.9. The van der Waals surface area contributed by atoms with Gasteiger partial charge >= 0.3 is 7.40 Å². The minimum absolute atomic E-state index is 0.0838. The summed E-state index contributed by atoms with van der Waals surface area (Å²) in [5, 5.41) is 7.70. The standard InChI is InChI=1S/C36H35BF2N8O3S/c38-37(39)47-27(12-13-31(47)32-8-4-22-51-32)23-26-10-9-25(42-26)11-14-33(48)40-16-17-44-18-20-45(21-19-44)24-34(49)46-30-7-2-1-5-28(30)36(50)43-29-6-3-15-41-35(29)46/h1-10,12-13,15,22-23H,11,14,16-21,24H2,(H,40,48)(H,43,50)/b26-23-. The number of nitrogens with one attached hydrogen (secondary N) is 2. The van der Waals surface area contributed by atoms with E-state index in [1.54, 1.807) is 66.9 Å². The number of benzene rings is 1. The number of amides is 3. The molecule has 0 bridgehead atoms. The number of fused-ring (bicyclic) bond motifs is 2. The Hall–Kier alpha value is -5.25. The average Bonchev–Trinajstić information content (AvgIpc) is 3.90. The average molecular weight is 709 g/mol. The van der Waals surface area contributed by atoms with Gasteiger partial charge < -0.3 is 15.1 Å². The topological polar surface area (TPSA) is 115 Å². The second-order valence-corrected chi connectivity index (χ2v) is 13.3. The van der Waals surface area contributed by atoms with Gasteiger partial charge in [-0.05, 0) is 72.5 Å². The van der Waals surface area contributed by atoms with Crippen LogP contribution in [0.3, 0.4) is 0 Å². The molecule has 1 aromatic carbocycles. The van der Waals surface area contributed by atoms with E-state index in [0.29, 0.717) is 72.4 Å². The van der Waals surface area contributed by atoms with Crippen LogP contribution in [0.5, 0.6) is 0 Å². The molecule has 260 valence electrons. The van der Waals surface area contributed by atoms with Crippen molar-refractivity contribution in [2.45, 2.75) is 12.8 Å². The lowest BCUT2D eigenvalue weighted by atomic mass is 10.1. The number of pyridine rings is 1. The third-order valence-corrected chi connectivity index (χ3v) is 9.89. The molecule has 0 atom stereocenters. The van der Waals surface area contributed by atoms with Gasteiger partial charge in [-0.1, -0.05) is 18.2 Å². The largest absolute Gasteiger partial charge is 0.678 e. The van der Waals surface area contributed by atoms with Gasteiger partial charge in [0, 0.05) is 68.2 Å². The number of hydrogen-bond acceptors (Lipinski definition) is 8. The van der Waals surface area contributed by atoms with Gasteiger partial charge in [0.25, 0.3) is 5.91 Å². The van der Waals surface area contributed by atoms with Crippen molar-refractivity contribution in [3.8, 4) is 10.6 Å². The van der Waals surface area contributed by atoms with Crippen LogP contribution in [-0.2, 0) is 9.59 Å². The van der Waals surface area contributed by atoms with Crippen molar-refractivity contribution in [3.63, 3.8) is 0 Å². The zero-order chi connectivity index (χ0) is 35.3. The number of nitrogens with zero attached hydrogens (tertiary/aromatic N) is 6. The van der Waals surface area contributed by atoms with Gasteiger partial charge in [0.15, 0.2) is 5.82 Å². The number of carbonyl (C=O) groups is 3. The molecule has 1 saturated heterocycles. The quantitative estimate of drug-likeness (QED) is 0.208. The Balaban J connectivity index is 0.855. The number of rotatable bonds is 11. The number of allylic oxidation sites excluding steroid dienone is 2. The van der Waals surface area contributed by atoms with E-state index in [4.69, 9.17) is 0 Å². The fourth-order valence-electron chi connectivity index (χ4n) is 6.42. The molecule has 0 radical (unpaired) electrons. The highest BCUT2D eigenvalue weighted by molar-refractivity contribution is 7.13. The van der Waals surface area contributed by atoms with E-state index in [9.17, 15) is 23.0 Å². The summed E-state index contributed by atoms with van der Waals surface area (Å²) in [5.74, 6) is -0.145. The summed E-state index contributed by atoms with van der Waals surface area (Å²) in [6.07, 6.45) is 7.53. The zero-order valence-corrected chi connectivity index (χ0v) is 28.5. The number of para-hydroxylation sites is 1. The van der Waals surface area contributed by atoms with E-state index in [0.717, 1.165) is 28.2 Å². The lowest BCUT2D eigenvalue weighted by Crippen LogP contribution is -2.51. The molecular formula is C36H35BF2N8O3S. The van der Waals surface area contributed by atoms with E-state index < -0.39 is 7.40 Å². The number of piperazine rings is 1. The molecule has 3 amide bonds. The number of aliphatic imine (C=N–C) groups is 1. The van der Waals surface area contributed by atoms with Crippen LogP contribution < -0.4 is 15.5 Å². The van der Waals surface area contributed by atoms with Crippen molar-refractivity contribution >= 4 is 65.4 Å². The van der Waals surface area contributed by atoms with Crippen LogP contribution >= 0.6 is 11.3 Å². The predicted molar refractivity (Wildman–Crippen MR) is 197 cm³/mol. The van der Waals surface area contributed by atoms with Crippen molar-refractivity contribution in [1.82, 2.24) is 24.6 Å². The molecule has 0 unspecified atom stereocenters. The second kappa shape index (κ2) is 15.3. The fraction of sp³-hybridized carbons (Fsp3) is 0.250. The first-order chi connectivity index (χ1) is 24.8. The molecular weight excluding hydrogens is 673 g/mol. The molecule has 0 saturated carbocycles. The molecule has 3 aliphatic heterocycles. The normalized spacial score (nSPS) is 16.7. The number of thiophene rings is 1. The van der Waals surface area contributed by atoms with Crippen molar-refractivity contribution in [1.29, 1.82) is 0 Å². The van der Waals surface area contributed by atoms with Gasteiger partial charge in [-0.15, -0.1) is 11.3 Å². The Kier molecular flexibility index (Phi) is 10.3. The van der Waals surface area contributed by atoms with E-state index in [-0.39, 0.29) is 30.7 Å². The second-order valence-electron chi connectivity index (χ2n) is 12.3. The molecule has 1 fully saturated rings. The van der Waals surface area contributed by atoms with Crippen LogP contribution in [0, 0.1) is 0 Å². The number of aromatic nitrogens is 2. The van der Waals surface area contributed by atoms with Gasteiger partial charge in [0.2, 0.25) is 11.8 Å². The minimum atomic E-state index is -2.69. The SMILES string of the molecule is O=C(CCC1=N/C(=C\c2ccc(-c3cccs3)n2B(F)F)C=C1)NCCN1CCN(CC(=O)N2c3ccccc3C(=O)Nc3cccnc32)CC1. The molecule has 3 aromatic heterocycles. The summed E-state index contributed by atoms with van der Waals surface area (Å²) in [6.45, 7) is 4.21. The maximum absolute atomic E-state index is 13.9. The Morgan fingerprint density at radius 3 is 2.61 bits per heavy atom. The highest BCUT2D eigenvalue weighted by atomic mass is 32.1. The van der Waals surface area contributed by atoms with Crippen LogP contribution in [0.4, 0.5) is 25.8 Å². The number of halogens is 2. The molecule has 0 aliphatic carbocycles. The van der Waals surface area contributed by atoms with Crippen LogP contribution in [0.15, 0.2) is 95.1 Å². The molecule has 3 aliphatic rings. The summed E-state index contributed by atoms with van der Waals surface area (Å²) in [6, 6.07) is 17.5.